The molecule has 0 radical (unpaired) electrons. The van der Waals surface area contributed by atoms with E-state index in [1.807, 2.05) is 0 Å². The number of aldehydes is 1. The van der Waals surface area contributed by atoms with Crippen molar-refractivity contribution in [3.05, 3.63) is 29.6 Å². The average molecular weight is 283 g/mol. The largest absolute Gasteiger partial charge is 0.505 e. The first kappa shape index (κ1) is 15.9. The van der Waals surface area contributed by atoms with Crippen molar-refractivity contribution < 1.29 is 23.8 Å². The molecule has 0 fully saturated rings. The summed E-state index contributed by atoms with van der Waals surface area (Å²) in [5.74, 6) is -1.56. The van der Waals surface area contributed by atoms with Crippen molar-refractivity contribution in [2.24, 2.45) is 0 Å². The van der Waals surface area contributed by atoms with Crippen LogP contribution in [0.5, 0.6) is 5.75 Å². The first-order valence-corrected chi connectivity index (χ1v) is 6.04. The highest BCUT2D eigenvalue weighted by molar-refractivity contribution is 5.78. The molecule has 0 aliphatic rings. The van der Waals surface area contributed by atoms with Crippen molar-refractivity contribution in [1.82, 2.24) is 5.32 Å². The summed E-state index contributed by atoms with van der Waals surface area (Å²) >= 11 is 0. The molecule has 2 N–H and O–H groups in total. The number of phenolic OH excluding ortho intramolecular Hbond substituents is 1. The third-order valence-corrected chi connectivity index (χ3v) is 2.54. The number of halogens is 1. The zero-order chi connectivity index (χ0) is 15.6. The van der Waals surface area contributed by atoms with Crippen molar-refractivity contribution in [3.63, 3.8) is 0 Å². The predicted molar refractivity (Wildman–Crippen MR) is 70.9 cm³/mol. The van der Waals surface area contributed by atoms with Crippen LogP contribution in [-0.4, -0.2) is 23.1 Å². The molecule has 1 rings (SSSR count). The van der Waals surface area contributed by atoms with Crippen molar-refractivity contribution in [2.75, 3.05) is 0 Å². The van der Waals surface area contributed by atoms with E-state index in [2.05, 4.69) is 5.32 Å². The number of hydrogen-bond acceptors (Lipinski definition) is 4. The summed E-state index contributed by atoms with van der Waals surface area (Å²) in [5.41, 5.74) is -2.37. The Balaban J connectivity index is 3.06. The number of rotatable bonds is 3. The summed E-state index contributed by atoms with van der Waals surface area (Å²) in [6, 6.07) is 3.74. The van der Waals surface area contributed by atoms with Crippen LogP contribution >= 0.6 is 0 Å². The average Bonchev–Trinajstić information content (AvgIpc) is 2.29. The first-order valence-electron chi connectivity index (χ1n) is 6.04. The fraction of sp³-hybridized carbons (Fsp3) is 0.429. The molecule has 1 unspecified atom stereocenters. The quantitative estimate of drug-likeness (QED) is 0.836. The number of alkyl carbamates (subject to hydrolysis) is 1. The lowest BCUT2D eigenvalue weighted by Crippen LogP contribution is -2.47. The number of aromatic hydroxyl groups is 1. The zero-order valence-electron chi connectivity index (χ0n) is 11.9. The Kier molecular flexibility index (Phi) is 4.37. The van der Waals surface area contributed by atoms with Crippen LogP contribution in [0.4, 0.5) is 9.18 Å². The van der Waals surface area contributed by atoms with Crippen LogP contribution in [0.25, 0.3) is 0 Å². The number of phenols is 1. The van der Waals surface area contributed by atoms with Crippen molar-refractivity contribution >= 4 is 12.4 Å². The van der Waals surface area contributed by atoms with E-state index in [1.54, 1.807) is 20.8 Å². The Morgan fingerprint density at radius 2 is 1.95 bits per heavy atom. The Labute approximate surface area is 116 Å². The third-order valence-electron chi connectivity index (χ3n) is 2.54. The molecule has 0 saturated heterocycles. The fourth-order valence-corrected chi connectivity index (χ4v) is 1.61. The first-order chi connectivity index (χ1) is 9.09. The molecule has 0 bridgehead atoms. The number of hydrogen-bond donors (Lipinski definition) is 2. The van der Waals surface area contributed by atoms with E-state index in [-0.39, 0.29) is 5.56 Å². The minimum absolute atomic E-state index is 0.0432. The van der Waals surface area contributed by atoms with E-state index in [1.165, 1.54) is 19.1 Å². The third kappa shape index (κ3) is 3.69. The molecule has 1 atom stereocenters. The number of nitrogens with one attached hydrogen (secondary N) is 1. The van der Waals surface area contributed by atoms with Gasteiger partial charge in [0.2, 0.25) is 0 Å². The summed E-state index contributed by atoms with van der Waals surface area (Å²) in [7, 11) is 0. The monoisotopic (exact) mass is 283 g/mol. The van der Waals surface area contributed by atoms with Gasteiger partial charge in [-0.2, -0.15) is 0 Å². The van der Waals surface area contributed by atoms with Gasteiger partial charge < -0.3 is 20.0 Å². The van der Waals surface area contributed by atoms with Gasteiger partial charge in [0.15, 0.2) is 11.6 Å². The van der Waals surface area contributed by atoms with Gasteiger partial charge in [-0.3, -0.25) is 0 Å². The minimum atomic E-state index is -1.59. The van der Waals surface area contributed by atoms with Gasteiger partial charge in [-0.15, -0.1) is 0 Å². The fourth-order valence-electron chi connectivity index (χ4n) is 1.61. The molecule has 0 aromatic heterocycles. The molecule has 0 aliphatic carbocycles. The Bertz CT molecular complexity index is 524. The maximum Gasteiger partial charge on any atom is 0.408 e. The van der Waals surface area contributed by atoms with Gasteiger partial charge in [-0.25, -0.2) is 9.18 Å². The minimum Gasteiger partial charge on any atom is -0.505 e. The number of carbonyl (C=O) groups excluding carboxylic acids is 2. The van der Waals surface area contributed by atoms with E-state index < -0.39 is 28.8 Å². The van der Waals surface area contributed by atoms with E-state index in [0.717, 1.165) is 6.07 Å². The highest BCUT2D eigenvalue weighted by Gasteiger charge is 2.33. The van der Waals surface area contributed by atoms with Gasteiger partial charge in [0.05, 0.1) is 0 Å². The Morgan fingerprint density at radius 3 is 2.45 bits per heavy atom. The van der Waals surface area contributed by atoms with Crippen molar-refractivity contribution in [1.29, 1.82) is 0 Å². The lowest BCUT2D eigenvalue weighted by atomic mass is 9.92. The number of ether oxygens (including phenoxy) is 1. The van der Waals surface area contributed by atoms with Crippen LogP contribution in [0.2, 0.25) is 0 Å². The van der Waals surface area contributed by atoms with Crippen LogP contribution in [0.3, 0.4) is 0 Å². The summed E-state index contributed by atoms with van der Waals surface area (Å²) in [6.45, 7) is 6.36. The van der Waals surface area contributed by atoms with E-state index >= 15 is 0 Å². The van der Waals surface area contributed by atoms with E-state index in [9.17, 15) is 19.1 Å². The number of carbonyl (C=O) groups is 2. The van der Waals surface area contributed by atoms with Gasteiger partial charge in [0.1, 0.15) is 17.4 Å². The van der Waals surface area contributed by atoms with Gasteiger partial charge in [-0.1, -0.05) is 12.1 Å². The van der Waals surface area contributed by atoms with Gasteiger partial charge in [0, 0.05) is 5.56 Å². The Morgan fingerprint density at radius 1 is 1.35 bits per heavy atom. The maximum absolute atomic E-state index is 13.3. The van der Waals surface area contributed by atoms with Gasteiger partial charge in [0.25, 0.3) is 0 Å². The van der Waals surface area contributed by atoms with Gasteiger partial charge in [-0.05, 0) is 33.8 Å². The maximum atomic E-state index is 13.3. The van der Waals surface area contributed by atoms with Crippen molar-refractivity contribution in [2.45, 2.75) is 38.8 Å². The summed E-state index contributed by atoms with van der Waals surface area (Å²) < 4.78 is 18.4. The molecular weight excluding hydrogens is 265 g/mol. The van der Waals surface area contributed by atoms with Crippen LogP contribution < -0.4 is 5.32 Å². The molecule has 1 aromatic carbocycles. The molecular formula is C14H18FNO4. The van der Waals surface area contributed by atoms with Crippen LogP contribution in [0, 0.1) is 5.82 Å². The van der Waals surface area contributed by atoms with Crippen molar-refractivity contribution in [3.8, 4) is 5.75 Å². The SMILES string of the molecule is CC(C)(C)OC(=O)NC(C)(C=O)c1cccc(F)c1O. The molecule has 1 aromatic rings. The molecule has 0 heterocycles. The molecule has 1 amide bonds. The molecule has 0 saturated carbocycles. The molecule has 0 spiro atoms. The topological polar surface area (TPSA) is 75.6 Å². The number of para-hydroxylation sites is 1. The van der Waals surface area contributed by atoms with Crippen LogP contribution in [0.1, 0.15) is 33.3 Å². The molecule has 6 heteroatoms. The molecule has 110 valence electrons. The van der Waals surface area contributed by atoms with Gasteiger partial charge >= 0.3 is 6.09 Å². The number of benzene rings is 1. The van der Waals surface area contributed by atoms with E-state index in [0.29, 0.717) is 6.29 Å². The lowest BCUT2D eigenvalue weighted by molar-refractivity contribution is -0.113. The normalized spacial score (nSPS) is 14.2. The molecule has 5 nitrogen and oxygen atoms in total. The van der Waals surface area contributed by atoms with Crippen LogP contribution in [0.15, 0.2) is 18.2 Å². The summed E-state index contributed by atoms with van der Waals surface area (Å²) in [6.07, 6.45) is -0.429. The number of amides is 1. The highest BCUT2D eigenvalue weighted by atomic mass is 19.1. The smallest absolute Gasteiger partial charge is 0.408 e. The second-order valence-corrected chi connectivity index (χ2v) is 5.58. The summed E-state index contributed by atoms with van der Waals surface area (Å²) in [4.78, 5) is 23.0. The molecule has 0 aliphatic heterocycles. The van der Waals surface area contributed by atoms with E-state index in [4.69, 9.17) is 4.74 Å². The second-order valence-electron chi connectivity index (χ2n) is 5.58. The van der Waals surface area contributed by atoms with Crippen LogP contribution in [-0.2, 0) is 15.1 Å². The summed E-state index contributed by atoms with van der Waals surface area (Å²) in [5, 5.41) is 12.0. The molecule has 20 heavy (non-hydrogen) atoms. The predicted octanol–water partition coefficient (Wildman–Crippen LogP) is 2.47. The lowest BCUT2D eigenvalue weighted by Gasteiger charge is -2.28. The Hall–Kier alpha value is -2.11. The second kappa shape index (κ2) is 5.48. The highest BCUT2D eigenvalue weighted by Crippen LogP contribution is 2.30. The standard InChI is InChI=1S/C14H18FNO4/c1-13(2,3)20-12(19)16-14(4,8-17)9-6-5-7-10(15)11(9)18/h5-8,18H,1-4H3,(H,16,19). The zero-order valence-corrected chi connectivity index (χ0v) is 11.9.